The van der Waals surface area contributed by atoms with Gasteiger partial charge in [-0.1, -0.05) is 60.1 Å². The molecule has 0 radical (unpaired) electrons. The molecule has 0 amide bonds. The number of aromatic nitrogens is 2. The Labute approximate surface area is 170 Å². The summed E-state index contributed by atoms with van der Waals surface area (Å²) >= 11 is 6.66. The van der Waals surface area contributed by atoms with Crippen molar-refractivity contribution in [2.75, 3.05) is 13.1 Å². The van der Waals surface area contributed by atoms with Gasteiger partial charge in [0.1, 0.15) is 5.15 Å². The molecule has 1 aromatic heterocycles. The van der Waals surface area contributed by atoms with Crippen LogP contribution in [0.25, 0.3) is 5.69 Å². The minimum absolute atomic E-state index is 0.113. The summed E-state index contributed by atoms with van der Waals surface area (Å²) in [5.41, 5.74) is 3.81. The van der Waals surface area contributed by atoms with Crippen LogP contribution in [0.1, 0.15) is 34.5 Å². The molecule has 2 aromatic carbocycles. The van der Waals surface area contributed by atoms with Crippen LogP contribution in [0.3, 0.4) is 0 Å². The zero-order valence-corrected chi connectivity index (χ0v) is 16.8. The van der Waals surface area contributed by atoms with Gasteiger partial charge in [-0.3, -0.25) is 9.69 Å². The molecule has 144 valence electrons. The van der Waals surface area contributed by atoms with Gasteiger partial charge in [0.15, 0.2) is 5.78 Å². The summed E-state index contributed by atoms with van der Waals surface area (Å²) in [6.07, 6.45) is 1.77. The van der Waals surface area contributed by atoms with Crippen molar-refractivity contribution in [3.8, 4) is 5.69 Å². The quantitative estimate of drug-likeness (QED) is 0.577. The van der Waals surface area contributed by atoms with Crippen molar-refractivity contribution in [1.82, 2.24) is 14.7 Å². The van der Waals surface area contributed by atoms with Crippen LogP contribution >= 0.6 is 11.6 Å². The van der Waals surface area contributed by atoms with Gasteiger partial charge in [-0.05, 0) is 45.0 Å². The average Bonchev–Trinajstić information content (AvgIpc) is 3.03. The van der Waals surface area contributed by atoms with E-state index in [1.807, 2.05) is 67.6 Å². The second-order valence-electron chi connectivity index (χ2n) is 7.38. The van der Waals surface area contributed by atoms with Crippen LogP contribution in [0.4, 0.5) is 0 Å². The van der Waals surface area contributed by atoms with Crippen LogP contribution in [0.15, 0.2) is 60.7 Å². The second-order valence-corrected chi connectivity index (χ2v) is 7.74. The van der Waals surface area contributed by atoms with Gasteiger partial charge in [-0.2, -0.15) is 5.10 Å². The number of likely N-dealkylation sites (tertiary alicyclic amines) is 1. The molecule has 1 aliphatic heterocycles. The summed E-state index contributed by atoms with van der Waals surface area (Å²) in [6, 6.07) is 19.6. The largest absolute Gasteiger partial charge is 0.299 e. The van der Waals surface area contributed by atoms with Gasteiger partial charge in [0.2, 0.25) is 0 Å². The molecule has 28 heavy (non-hydrogen) atoms. The lowest BCUT2D eigenvalue weighted by Gasteiger charge is -2.31. The van der Waals surface area contributed by atoms with Crippen molar-refractivity contribution in [1.29, 1.82) is 0 Å². The minimum Gasteiger partial charge on any atom is -0.299 e. The van der Waals surface area contributed by atoms with Crippen LogP contribution < -0.4 is 0 Å². The lowest BCUT2D eigenvalue weighted by molar-refractivity contribution is 0.0834. The highest BCUT2D eigenvalue weighted by Gasteiger charge is 2.27. The summed E-state index contributed by atoms with van der Waals surface area (Å²) < 4.78 is 1.80. The molecule has 3 aromatic rings. The number of ketones is 1. The van der Waals surface area contributed by atoms with E-state index < -0.39 is 0 Å². The van der Waals surface area contributed by atoms with Gasteiger partial charge in [0, 0.05) is 23.6 Å². The number of rotatable bonds is 5. The first-order valence-corrected chi connectivity index (χ1v) is 10.1. The molecule has 2 heterocycles. The summed E-state index contributed by atoms with van der Waals surface area (Å²) in [5.74, 6) is 0.383. The van der Waals surface area contributed by atoms with E-state index in [-0.39, 0.29) is 11.7 Å². The number of hydrogen-bond acceptors (Lipinski definition) is 3. The normalized spacial score (nSPS) is 15.6. The molecule has 0 atom stereocenters. The average molecular weight is 394 g/mol. The SMILES string of the molecule is Cc1nn(-c2ccccc2)c(Cl)c1CN1CCC(C(=O)c2ccccc2)CC1. The summed E-state index contributed by atoms with van der Waals surface area (Å²) in [7, 11) is 0. The maximum atomic E-state index is 12.7. The topological polar surface area (TPSA) is 38.1 Å². The molecule has 1 saturated heterocycles. The number of aryl methyl sites for hydroxylation is 1. The molecule has 4 rings (SSSR count). The molecule has 0 spiro atoms. The van der Waals surface area contributed by atoms with Crippen molar-refractivity contribution >= 4 is 17.4 Å². The Bertz CT molecular complexity index is 945. The monoisotopic (exact) mass is 393 g/mol. The van der Waals surface area contributed by atoms with Crippen LogP contribution in [-0.4, -0.2) is 33.6 Å². The summed E-state index contributed by atoms with van der Waals surface area (Å²) in [5, 5.41) is 5.31. The maximum absolute atomic E-state index is 12.7. The first-order valence-electron chi connectivity index (χ1n) is 9.74. The summed E-state index contributed by atoms with van der Waals surface area (Å²) in [6.45, 7) is 4.57. The maximum Gasteiger partial charge on any atom is 0.166 e. The molecule has 0 N–H and O–H groups in total. The van der Waals surface area contributed by atoms with Gasteiger partial charge in [-0.15, -0.1) is 0 Å². The highest BCUT2D eigenvalue weighted by atomic mass is 35.5. The Morgan fingerprint density at radius 1 is 1.04 bits per heavy atom. The van der Waals surface area contributed by atoms with E-state index in [9.17, 15) is 4.79 Å². The van der Waals surface area contributed by atoms with E-state index in [4.69, 9.17) is 11.6 Å². The van der Waals surface area contributed by atoms with Gasteiger partial charge in [0.25, 0.3) is 0 Å². The molecule has 0 saturated carbocycles. The van der Waals surface area contributed by atoms with Gasteiger partial charge in [0.05, 0.1) is 11.4 Å². The van der Waals surface area contributed by atoms with Crippen LogP contribution in [0.2, 0.25) is 5.15 Å². The third kappa shape index (κ3) is 3.89. The van der Waals surface area contributed by atoms with Crippen LogP contribution in [0, 0.1) is 12.8 Å². The lowest BCUT2D eigenvalue weighted by atomic mass is 9.89. The van der Waals surface area contributed by atoms with E-state index in [1.54, 1.807) is 4.68 Å². The Kier molecular flexibility index (Phi) is 5.60. The van der Waals surface area contributed by atoms with E-state index >= 15 is 0 Å². The van der Waals surface area contributed by atoms with Crippen molar-refractivity contribution < 1.29 is 4.79 Å². The van der Waals surface area contributed by atoms with E-state index in [1.165, 1.54) is 0 Å². The van der Waals surface area contributed by atoms with Crippen LogP contribution in [0.5, 0.6) is 0 Å². The number of hydrogen-bond donors (Lipinski definition) is 0. The number of carbonyl (C=O) groups is 1. The number of carbonyl (C=O) groups excluding carboxylic acids is 1. The standard InChI is InChI=1S/C23H24ClN3O/c1-17-21(23(24)27(25-17)20-10-6-3-7-11-20)16-26-14-12-19(13-15-26)22(28)18-8-4-2-5-9-18/h2-11,19H,12-16H2,1H3. The molecule has 4 nitrogen and oxygen atoms in total. The zero-order chi connectivity index (χ0) is 19.5. The highest BCUT2D eigenvalue weighted by Crippen LogP contribution is 2.28. The Morgan fingerprint density at radius 2 is 1.64 bits per heavy atom. The first kappa shape index (κ1) is 18.9. The van der Waals surface area contributed by atoms with Gasteiger partial charge >= 0.3 is 0 Å². The fraction of sp³-hybridized carbons (Fsp3) is 0.304. The predicted molar refractivity (Wildman–Crippen MR) is 112 cm³/mol. The molecule has 1 fully saturated rings. The van der Waals surface area contributed by atoms with Crippen molar-refractivity contribution in [3.63, 3.8) is 0 Å². The second kappa shape index (κ2) is 8.29. The molecule has 0 unspecified atom stereocenters. The number of benzene rings is 2. The Balaban J connectivity index is 1.42. The number of para-hydroxylation sites is 1. The van der Waals surface area contributed by atoms with E-state index in [2.05, 4.69) is 10.00 Å². The van der Waals surface area contributed by atoms with Crippen molar-refractivity contribution in [3.05, 3.63) is 82.6 Å². The van der Waals surface area contributed by atoms with E-state index in [0.717, 1.165) is 55.0 Å². The minimum atomic E-state index is 0.113. The number of nitrogens with zero attached hydrogens (tertiary/aromatic N) is 3. The van der Waals surface area contributed by atoms with Crippen LogP contribution in [-0.2, 0) is 6.54 Å². The fourth-order valence-electron chi connectivity index (χ4n) is 3.87. The third-order valence-electron chi connectivity index (χ3n) is 5.52. The first-order chi connectivity index (χ1) is 13.6. The third-order valence-corrected chi connectivity index (χ3v) is 5.91. The highest BCUT2D eigenvalue weighted by molar-refractivity contribution is 6.30. The van der Waals surface area contributed by atoms with Gasteiger partial charge in [-0.25, -0.2) is 4.68 Å². The van der Waals surface area contributed by atoms with Gasteiger partial charge < -0.3 is 0 Å². The molecular formula is C23H24ClN3O. The number of piperidine rings is 1. The molecule has 0 aliphatic carbocycles. The predicted octanol–water partition coefficient (Wildman–Crippen LogP) is 4.93. The van der Waals surface area contributed by atoms with E-state index in [0.29, 0.717) is 5.15 Å². The number of Topliss-reactive ketones (excluding diaryl/α,β-unsaturated/α-hetero) is 1. The molecule has 5 heteroatoms. The molecular weight excluding hydrogens is 370 g/mol. The molecule has 1 aliphatic rings. The Hall–Kier alpha value is -2.43. The Morgan fingerprint density at radius 3 is 2.29 bits per heavy atom. The summed E-state index contributed by atoms with van der Waals surface area (Å²) in [4.78, 5) is 15.1. The number of halogens is 1. The smallest absolute Gasteiger partial charge is 0.166 e. The lowest BCUT2D eigenvalue weighted by Crippen LogP contribution is -2.36. The molecule has 0 bridgehead atoms. The zero-order valence-electron chi connectivity index (χ0n) is 16.0. The van der Waals surface area contributed by atoms with Crippen molar-refractivity contribution in [2.45, 2.75) is 26.3 Å². The fourth-order valence-corrected chi connectivity index (χ4v) is 4.20. The van der Waals surface area contributed by atoms with Crippen molar-refractivity contribution in [2.24, 2.45) is 5.92 Å².